The number of rotatable bonds is 9. The number of aliphatic carboxylic acids is 1. The number of nitrogens with one attached hydrogen (secondary N) is 2. The van der Waals surface area contributed by atoms with E-state index in [-0.39, 0.29) is 18.4 Å². The molecule has 2 amide bonds. The van der Waals surface area contributed by atoms with Gasteiger partial charge in [0.2, 0.25) is 11.8 Å². The zero-order valence-electron chi connectivity index (χ0n) is 16.4. The normalized spacial score (nSPS) is 12.5. The molecule has 0 bridgehead atoms. The van der Waals surface area contributed by atoms with Crippen LogP contribution in [0.25, 0.3) is 0 Å². The molecule has 30 heavy (non-hydrogen) atoms. The van der Waals surface area contributed by atoms with Gasteiger partial charge in [-0.25, -0.2) is 9.18 Å². The van der Waals surface area contributed by atoms with E-state index in [0.717, 1.165) is 0 Å². The van der Waals surface area contributed by atoms with Gasteiger partial charge < -0.3 is 20.5 Å². The second-order valence-corrected chi connectivity index (χ2v) is 7.03. The van der Waals surface area contributed by atoms with E-state index in [1.807, 2.05) is 0 Å². The minimum atomic E-state index is -1.28. The molecule has 2 aromatic carbocycles. The highest BCUT2D eigenvalue weighted by atomic mass is 35.5. The third-order valence-corrected chi connectivity index (χ3v) is 4.64. The fourth-order valence-electron chi connectivity index (χ4n) is 2.88. The molecular weight excluding hydrogens is 415 g/mol. The van der Waals surface area contributed by atoms with Crippen LogP contribution in [0.4, 0.5) is 4.39 Å². The number of hydrogen-bond donors (Lipinski definition) is 3. The van der Waals surface area contributed by atoms with Crippen molar-refractivity contribution in [3.8, 4) is 5.75 Å². The smallest absolute Gasteiger partial charge is 0.326 e. The summed E-state index contributed by atoms with van der Waals surface area (Å²) in [7, 11) is 1.46. The van der Waals surface area contributed by atoms with Crippen molar-refractivity contribution in [3.05, 3.63) is 64.4 Å². The molecule has 3 N–H and O–H groups in total. The minimum Gasteiger partial charge on any atom is -0.495 e. The molecule has 160 valence electrons. The van der Waals surface area contributed by atoms with Gasteiger partial charge in [-0.3, -0.25) is 9.59 Å². The molecule has 0 aromatic heterocycles. The van der Waals surface area contributed by atoms with Crippen molar-refractivity contribution < 1.29 is 28.6 Å². The second kappa shape index (κ2) is 10.6. The van der Waals surface area contributed by atoms with E-state index >= 15 is 0 Å². The van der Waals surface area contributed by atoms with Crippen molar-refractivity contribution in [2.45, 2.75) is 31.8 Å². The Labute approximate surface area is 178 Å². The van der Waals surface area contributed by atoms with E-state index < -0.39 is 35.7 Å². The van der Waals surface area contributed by atoms with Crippen molar-refractivity contribution in [1.29, 1.82) is 0 Å². The highest BCUT2D eigenvalue weighted by Gasteiger charge is 2.27. The molecular formula is C21H22ClFN2O5. The number of hydrogen-bond acceptors (Lipinski definition) is 4. The van der Waals surface area contributed by atoms with Crippen LogP contribution in [0.15, 0.2) is 42.5 Å². The standard InChI is InChI=1S/C21H22ClFN2O5/c1-12(26)24-17(11-14-5-3-4-6-16(14)23)20(27)25-18(21(28)29)10-13-7-8-19(30-2)15(22)9-13/h3-9,17-18H,10-11H2,1-2H3,(H,24,26)(H,25,27)(H,28,29)/t17-,18-/m1/s1. The van der Waals surface area contributed by atoms with Crippen LogP contribution in [-0.4, -0.2) is 42.1 Å². The van der Waals surface area contributed by atoms with E-state index in [1.165, 1.54) is 32.2 Å². The first-order valence-corrected chi connectivity index (χ1v) is 9.45. The van der Waals surface area contributed by atoms with Crippen molar-refractivity contribution in [3.63, 3.8) is 0 Å². The van der Waals surface area contributed by atoms with Crippen molar-refractivity contribution in [2.24, 2.45) is 0 Å². The van der Waals surface area contributed by atoms with Crippen LogP contribution in [0, 0.1) is 5.82 Å². The number of ether oxygens (including phenoxy) is 1. The fourth-order valence-corrected chi connectivity index (χ4v) is 3.16. The number of methoxy groups -OCH3 is 1. The maximum atomic E-state index is 14.0. The van der Waals surface area contributed by atoms with Crippen LogP contribution in [0.2, 0.25) is 5.02 Å². The molecule has 0 aliphatic rings. The van der Waals surface area contributed by atoms with Gasteiger partial charge in [0.25, 0.3) is 0 Å². The third-order valence-electron chi connectivity index (χ3n) is 4.35. The van der Waals surface area contributed by atoms with Gasteiger partial charge in [-0.2, -0.15) is 0 Å². The maximum Gasteiger partial charge on any atom is 0.326 e. The Kier molecular flexibility index (Phi) is 8.17. The SMILES string of the molecule is COc1ccc(C[C@@H](NC(=O)[C@@H](Cc2ccccc2F)NC(C)=O)C(=O)O)cc1Cl. The Morgan fingerprint density at radius 2 is 1.80 bits per heavy atom. The molecule has 0 aliphatic carbocycles. The molecule has 7 nitrogen and oxygen atoms in total. The van der Waals surface area contributed by atoms with Crippen LogP contribution in [0.3, 0.4) is 0 Å². The van der Waals surface area contributed by atoms with Gasteiger partial charge in [-0.15, -0.1) is 0 Å². The Morgan fingerprint density at radius 3 is 2.37 bits per heavy atom. The first kappa shape index (κ1) is 23.2. The summed E-state index contributed by atoms with van der Waals surface area (Å²) in [6.07, 6.45) is -0.171. The van der Waals surface area contributed by atoms with E-state index in [4.69, 9.17) is 16.3 Å². The van der Waals surface area contributed by atoms with Gasteiger partial charge in [-0.05, 0) is 29.3 Å². The fraction of sp³-hybridized carbons (Fsp3) is 0.286. The highest BCUT2D eigenvalue weighted by Crippen LogP contribution is 2.25. The van der Waals surface area contributed by atoms with E-state index in [2.05, 4.69) is 10.6 Å². The second-order valence-electron chi connectivity index (χ2n) is 6.62. The lowest BCUT2D eigenvalue weighted by atomic mass is 10.0. The zero-order chi connectivity index (χ0) is 22.3. The number of carbonyl (C=O) groups is 3. The largest absolute Gasteiger partial charge is 0.495 e. The summed E-state index contributed by atoms with van der Waals surface area (Å²) >= 11 is 6.07. The summed E-state index contributed by atoms with van der Waals surface area (Å²) < 4.78 is 19.0. The number of carboxylic acid groups (broad SMARTS) is 1. The van der Waals surface area contributed by atoms with Gasteiger partial charge in [-0.1, -0.05) is 35.9 Å². The molecule has 0 heterocycles. The lowest BCUT2D eigenvalue weighted by Gasteiger charge is -2.21. The van der Waals surface area contributed by atoms with Crippen molar-refractivity contribution in [2.75, 3.05) is 7.11 Å². The Morgan fingerprint density at radius 1 is 1.10 bits per heavy atom. The Hall–Kier alpha value is -3.13. The third kappa shape index (κ3) is 6.45. The number of carboxylic acids is 1. The van der Waals surface area contributed by atoms with Gasteiger partial charge in [0, 0.05) is 19.8 Å². The molecule has 2 rings (SSSR count). The van der Waals surface area contributed by atoms with E-state index in [9.17, 15) is 23.9 Å². The van der Waals surface area contributed by atoms with Crippen molar-refractivity contribution in [1.82, 2.24) is 10.6 Å². The van der Waals surface area contributed by atoms with Crippen LogP contribution >= 0.6 is 11.6 Å². The van der Waals surface area contributed by atoms with Gasteiger partial charge in [0.15, 0.2) is 0 Å². The quantitative estimate of drug-likeness (QED) is 0.559. The lowest BCUT2D eigenvalue weighted by molar-refractivity contribution is -0.142. The molecule has 2 aromatic rings. The van der Waals surface area contributed by atoms with E-state index in [1.54, 1.807) is 24.3 Å². The van der Waals surface area contributed by atoms with Crippen LogP contribution in [-0.2, 0) is 27.2 Å². The molecule has 0 radical (unpaired) electrons. The molecule has 0 saturated heterocycles. The van der Waals surface area contributed by atoms with Gasteiger partial charge in [0.1, 0.15) is 23.7 Å². The van der Waals surface area contributed by atoms with E-state index in [0.29, 0.717) is 16.3 Å². The Balaban J connectivity index is 2.17. The summed E-state index contributed by atoms with van der Waals surface area (Å²) in [6, 6.07) is 8.21. The summed E-state index contributed by atoms with van der Waals surface area (Å²) in [5.41, 5.74) is 0.791. The maximum absolute atomic E-state index is 14.0. The first-order chi connectivity index (χ1) is 14.2. The predicted octanol–water partition coefficient (Wildman–Crippen LogP) is 2.35. The molecule has 2 atom stereocenters. The number of carbonyl (C=O) groups excluding carboxylic acids is 2. The molecule has 0 fully saturated rings. The van der Waals surface area contributed by atoms with Crippen LogP contribution in [0.5, 0.6) is 5.75 Å². The summed E-state index contributed by atoms with van der Waals surface area (Å²) in [5, 5.41) is 14.7. The summed E-state index contributed by atoms with van der Waals surface area (Å²) in [4.78, 5) is 35.9. The molecule has 0 saturated carbocycles. The van der Waals surface area contributed by atoms with Crippen molar-refractivity contribution >= 4 is 29.4 Å². The minimum absolute atomic E-state index is 0.0444. The zero-order valence-corrected chi connectivity index (χ0v) is 17.2. The lowest BCUT2D eigenvalue weighted by Crippen LogP contribution is -2.52. The summed E-state index contributed by atoms with van der Waals surface area (Å²) in [6.45, 7) is 1.22. The number of halogens is 2. The topological polar surface area (TPSA) is 105 Å². The first-order valence-electron chi connectivity index (χ1n) is 9.07. The monoisotopic (exact) mass is 436 g/mol. The average molecular weight is 437 g/mol. The number of benzene rings is 2. The molecule has 0 unspecified atom stereocenters. The van der Waals surface area contributed by atoms with Gasteiger partial charge >= 0.3 is 5.97 Å². The highest BCUT2D eigenvalue weighted by molar-refractivity contribution is 6.32. The molecule has 0 spiro atoms. The summed E-state index contributed by atoms with van der Waals surface area (Å²) in [5.74, 6) is -2.58. The Bertz CT molecular complexity index is 937. The molecule has 0 aliphatic heterocycles. The molecule has 9 heteroatoms. The number of amides is 2. The predicted molar refractivity (Wildman–Crippen MR) is 109 cm³/mol. The average Bonchev–Trinajstić information content (AvgIpc) is 2.68. The van der Waals surface area contributed by atoms with Gasteiger partial charge in [0.05, 0.1) is 12.1 Å². The van der Waals surface area contributed by atoms with Crippen LogP contribution in [0.1, 0.15) is 18.1 Å². The van der Waals surface area contributed by atoms with Crippen LogP contribution < -0.4 is 15.4 Å².